The number of rotatable bonds is 7. The van der Waals surface area contributed by atoms with Gasteiger partial charge in [0.25, 0.3) is 11.8 Å². The summed E-state index contributed by atoms with van der Waals surface area (Å²) >= 11 is 0. The highest BCUT2D eigenvalue weighted by molar-refractivity contribution is 6.05. The lowest BCUT2D eigenvalue weighted by Crippen LogP contribution is -2.25. The summed E-state index contributed by atoms with van der Waals surface area (Å²) in [5.74, 6) is -0.356. The standard InChI is InChI=1S/C19H22N2O3/c1-2-14-6-3-4-7-17(14)19(24)21-16-10-8-15(9-11-16)18(23)20-12-5-13-22/h3-4,6-11,22H,2,5,12-13H2,1H3,(H,20,23)(H,21,24). The van der Waals surface area contributed by atoms with Gasteiger partial charge in [-0.3, -0.25) is 9.59 Å². The van der Waals surface area contributed by atoms with E-state index in [9.17, 15) is 9.59 Å². The van der Waals surface area contributed by atoms with Crippen LogP contribution >= 0.6 is 0 Å². The summed E-state index contributed by atoms with van der Waals surface area (Å²) in [6, 6.07) is 14.2. The molecule has 0 spiro atoms. The van der Waals surface area contributed by atoms with Gasteiger partial charge in [-0.15, -0.1) is 0 Å². The smallest absolute Gasteiger partial charge is 0.255 e. The van der Waals surface area contributed by atoms with Crippen LogP contribution in [0.15, 0.2) is 48.5 Å². The molecule has 126 valence electrons. The van der Waals surface area contributed by atoms with E-state index in [4.69, 9.17) is 5.11 Å². The Morgan fingerprint density at radius 2 is 1.71 bits per heavy atom. The summed E-state index contributed by atoms with van der Waals surface area (Å²) in [7, 11) is 0. The van der Waals surface area contributed by atoms with Crippen LogP contribution in [0.2, 0.25) is 0 Å². The number of aliphatic hydroxyl groups excluding tert-OH is 1. The third-order valence-electron chi connectivity index (χ3n) is 3.67. The van der Waals surface area contributed by atoms with E-state index >= 15 is 0 Å². The van der Waals surface area contributed by atoms with E-state index in [-0.39, 0.29) is 18.4 Å². The number of aryl methyl sites for hydroxylation is 1. The highest BCUT2D eigenvalue weighted by Gasteiger charge is 2.10. The van der Waals surface area contributed by atoms with E-state index in [1.54, 1.807) is 30.3 Å². The van der Waals surface area contributed by atoms with Crippen molar-refractivity contribution in [1.82, 2.24) is 5.32 Å². The van der Waals surface area contributed by atoms with Gasteiger partial charge in [0.2, 0.25) is 0 Å². The minimum absolute atomic E-state index is 0.0461. The molecule has 0 fully saturated rings. The number of benzene rings is 2. The van der Waals surface area contributed by atoms with E-state index in [1.165, 1.54) is 0 Å². The molecule has 0 saturated heterocycles. The normalized spacial score (nSPS) is 10.2. The zero-order valence-electron chi connectivity index (χ0n) is 13.7. The summed E-state index contributed by atoms with van der Waals surface area (Å²) < 4.78 is 0. The fraction of sp³-hybridized carbons (Fsp3) is 0.263. The molecule has 0 radical (unpaired) electrons. The van der Waals surface area contributed by atoms with E-state index in [1.807, 2.05) is 25.1 Å². The summed E-state index contributed by atoms with van der Waals surface area (Å²) in [6.07, 6.45) is 1.31. The summed E-state index contributed by atoms with van der Waals surface area (Å²) in [4.78, 5) is 24.3. The van der Waals surface area contributed by atoms with Gasteiger partial charge in [-0.2, -0.15) is 0 Å². The highest BCUT2D eigenvalue weighted by atomic mass is 16.3. The van der Waals surface area contributed by atoms with Crippen LogP contribution in [0.3, 0.4) is 0 Å². The first-order valence-electron chi connectivity index (χ1n) is 8.04. The molecule has 0 aliphatic carbocycles. The van der Waals surface area contributed by atoms with Crippen molar-refractivity contribution in [2.75, 3.05) is 18.5 Å². The van der Waals surface area contributed by atoms with E-state index in [0.29, 0.717) is 29.8 Å². The van der Waals surface area contributed by atoms with Gasteiger partial charge in [-0.1, -0.05) is 25.1 Å². The molecule has 0 saturated carbocycles. The topological polar surface area (TPSA) is 78.4 Å². The van der Waals surface area contributed by atoms with Crippen LogP contribution < -0.4 is 10.6 Å². The number of anilines is 1. The Morgan fingerprint density at radius 3 is 2.38 bits per heavy atom. The van der Waals surface area contributed by atoms with Gasteiger partial charge >= 0.3 is 0 Å². The van der Waals surface area contributed by atoms with Gasteiger partial charge in [0.05, 0.1) is 0 Å². The second-order valence-electron chi connectivity index (χ2n) is 5.38. The molecule has 0 unspecified atom stereocenters. The molecule has 2 aromatic rings. The number of carbonyl (C=O) groups is 2. The Kier molecular flexibility index (Phi) is 6.51. The molecule has 24 heavy (non-hydrogen) atoms. The molecule has 0 aromatic heterocycles. The van der Waals surface area contributed by atoms with Crippen molar-refractivity contribution in [3.05, 3.63) is 65.2 Å². The maximum Gasteiger partial charge on any atom is 0.255 e. The zero-order valence-corrected chi connectivity index (χ0v) is 13.7. The lowest BCUT2D eigenvalue weighted by atomic mass is 10.0. The largest absolute Gasteiger partial charge is 0.396 e. The van der Waals surface area contributed by atoms with E-state index in [0.717, 1.165) is 12.0 Å². The predicted molar refractivity (Wildman–Crippen MR) is 94.3 cm³/mol. The van der Waals surface area contributed by atoms with Gasteiger partial charge in [0.1, 0.15) is 0 Å². The van der Waals surface area contributed by atoms with Crippen LogP contribution in [0.4, 0.5) is 5.69 Å². The minimum atomic E-state index is -0.197. The average molecular weight is 326 g/mol. The van der Waals surface area contributed by atoms with Crippen molar-refractivity contribution in [2.24, 2.45) is 0 Å². The van der Waals surface area contributed by atoms with Gasteiger partial charge in [0, 0.05) is 30.0 Å². The minimum Gasteiger partial charge on any atom is -0.396 e. The molecule has 2 aromatic carbocycles. The van der Waals surface area contributed by atoms with Crippen molar-refractivity contribution in [3.63, 3.8) is 0 Å². The van der Waals surface area contributed by atoms with Crippen molar-refractivity contribution in [3.8, 4) is 0 Å². The number of nitrogens with one attached hydrogen (secondary N) is 2. The van der Waals surface area contributed by atoms with Crippen LogP contribution in [-0.2, 0) is 6.42 Å². The monoisotopic (exact) mass is 326 g/mol. The van der Waals surface area contributed by atoms with Crippen LogP contribution in [0.5, 0.6) is 0 Å². The molecule has 0 aliphatic rings. The Bertz CT molecular complexity index is 696. The maximum absolute atomic E-state index is 12.4. The fourth-order valence-electron chi connectivity index (χ4n) is 2.34. The summed E-state index contributed by atoms with van der Waals surface area (Å²) in [5, 5.41) is 14.3. The van der Waals surface area contributed by atoms with Gasteiger partial charge in [-0.05, 0) is 48.7 Å². The third-order valence-corrected chi connectivity index (χ3v) is 3.67. The Morgan fingerprint density at radius 1 is 1.00 bits per heavy atom. The first-order valence-corrected chi connectivity index (χ1v) is 8.04. The average Bonchev–Trinajstić information content (AvgIpc) is 2.62. The molecule has 3 N–H and O–H groups in total. The fourth-order valence-corrected chi connectivity index (χ4v) is 2.34. The van der Waals surface area contributed by atoms with Crippen molar-refractivity contribution >= 4 is 17.5 Å². The maximum atomic E-state index is 12.4. The molecule has 5 heteroatoms. The lowest BCUT2D eigenvalue weighted by Gasteiger charge is -2.09. The number of hydrogen-bond donors (Lipinski definition) is 3. The second kappa shape index (κ2) is 8.84. The zero-order chi connectivity index (χ0) is 17.4. The Balaban J connectivity index is 2.01. The first kappa shape index (κ1) is 17.7. The molecule has 0 aliphatic heterocycles. The Labute approximate surface area is 141 Å². The van der Waals surface area contributed by atoms with E-state index in [2.05, 4.69) is 10.6 Å². The molecule has 0 bridgehead atoms. The summed E-state index contributed by atoms with van der Waals surface area (Å²) in [6.45, 7) is 2.49. The lowest BCUT2D eigenvalue weighted by molar-refractivity contribution is 0.0950. The van der Waals surface area contributed by atoms with Gasteiger partial charge < -0.3 is 15.7 Å². The van der Waals surface area contributed by atoms with Crippen LogP contribution in [0, 0.1) is 0 Å². The summed E-state index contributed by atoms with van der Waals surface area (Å²) in [5.41, 5.74) is 2.80. The van der Waals surface area contributed by atoms with Crippen LogP contribution in [0.25, 0.3) is 0 Å². The van der Waals surface area contributed by atoms with Crippen molar-refractivity contribution in [2.45, 2.75) is 19.8 Å². The van der Waals surface area contributed by atoms with Crippen molar-refractivity contribution in [1.29, 1.82) is 0 Å². The van der Waals surface area contributed by atoms with E-state index < -0.39 is 0 Å². The highest BCUT2D eigenvalue weighted by Crippen LogP contribution is 2.14. The molecular weight excluding hydrogens is 304 g/mol. The first-order chi connectivity index (χ1) is 11.7. The van der Waals surface area contributed by atoms with Gasteiger partial charge in [0.15, 0.2) is 0 Å². The Hall–Kier alpha value is -2.66. The molecule has 2 amide bonds. The molecule has 0 atom stereocenters. The van der Waals surface area contributed by atoms with Crippen LogP contribution in [0.1, 0.15) is 39.6 Å². The molecule has 2 rings (SSSR count). The number of aliphatic hydroxyl groups is 1. The van der Waals surface area contributed by atoms with Gasteiger partial charge in [-0.25, -0.2) is 0 Å². The van der Waals surface area contributed by atoms with Crippen molar-refractivity contribution < 1.29 is 14.7 Å². The number of carbonyl (C=O) groups excluding carboxylic acids is 2. The molecular formula is C19H22N2O3. The predicted octanol–water partition coefficient (Wildman–Crippen LogP) is 2.61. The SMILES string of the molecule is CCc1ccccc1C(=O)Nc1ccc(C(=O)NCCCO)cc1. The van der Waals surface area contributed by atoms with Crippen LogP contribution in [-0.4, -0.2) is 30.1 Å². The second-order valence-corrected chi connectivity index (χ2v) is 5.38. The number of amides is 2. The molecule has 5 nitrogen and oxygen atoms in total. The third kappa shape index (κ3) is 4.67. The quantitative estimate of drug-likeness (QED) is 0.684. The molecule has 0 heterocycles. The number of hydrogen-bond acceptors (Lipinski definition) is 3.